The number of hydrogen-bond acceptors (Lipinski definition) is 5. The average molecular weight is 368 g/mol. The quantitative estimate of drug-likeness (QED) is 0.898. The zero-order valence-electron chi connectivity index (χ0n) is 15.5. The molecule has 0 bridgehead atoms. The fourth-order valence-corrected chi connectivity index (χ4v) is 3.95. The maximum Gasteiger partial charge on any atom is 0.271 e. The largest absolute Gasteiger partial charge is 0.454 e. The summed E-state index contributed by atoms with van der Waals surface area (Å²) in [5.41, 5.74) is 1.72. The second-order valence-electron chi connectivity index (χ2n) is 7.61. The minimum atomic E-state index is -0.0453. The molecule has 1 N–H and O–H groups in total. The van der Waals surface area contributed by atoms with E-state index in [2.05, 4.69) is 32.8 Å². The van der Waals surface area contributed by atoms with Gasteiger partial charge in [0.15, 0.2) is 11.5 Å². The Kier molecular flexibility index (Phi) is 4.04. The zero-order valence-corrected chi connectivity index (χ0v) is 15.5. The maximum atomic E-state index is 12.4. The number of carbonyl (C=O) groups is 1. The van der Waals surface area contributed by atoms with E-state index in [0.717, 1.165) is 49.8 Å². The molecule has 27 heavy (non-hydrogen) atoms. The average Bonchev–Trinajstić information content (AvgIpc) is 3.27. The van der Waals surface area contributed by atoms with Crippen molar-refractivity contribution in [3.05, 3.63) is 41.5 Å². The van der Waals surface area contributed by atoms with E-state index in [4.69, 9.17) is 9.47 Å². The first kappa shape index (κ1) is 16.6. The van der Waals surface area contributed by atoms with Crippen molar-refractivity contribution >= 4 is 5.91 Å². The Hall–Kier alpha value is -2.54. The molecule has 1 fully saturated rings. The van der Waals surface area contributed by atoms with E-state index in [9.17, 15) is 4.79 Å². The van der Waals surface area contributed by atoms with Crippen molar-refractivity contribution < 1.29 is 14.3 Å². The Balaban J connectivity index is 1.30. The van der Waals surface area contributed by atoms with E-state index in [0.29, 0.717) is 18.5 Å². The maximum absolute atomic E-state index is 12.4. The number of fused-ring (bicyclic) bond motifs is 2. The minimum absolute atomic E-state index is 0.0453. The summed E-state index contributed by atoms with van der Waals surface area (Å²) in [5, 5.41) is 3.08. The van der Waals surface area contributed by atoms with Crippen molar-refractivity contribution in [1.82, 2.24) is 19.8 Å². The van der Waals surface area contributed by atoms with Gasteiger partial charge in [0.2, 0.25) is 6.79 Å². The van der Waals surface area contributed by atoms with Crippen molar-refractivity contribution in [2.75, 3.05) is 13.3 Å². The first-order valence-electron chi connectivity index (χ1n) is 9.68. The van der Waals surface area contributed by atoms with E-state index in [1.165, 1.54) is 12.0 Å². The summed E-state index contributed by atoms with van der Waals surface area (Å²) in [6, 6.07) is 6.58. The number of amides is 1. The number of nitrogens with one attached hydrogen (secondary N) is 1. The Morgan fingerprint density at radius 1 is 1.26 bits per heavy atom. The molecule has 142 valence electrons. The van der Waals surface area contributed by atoms with Gasteiger partial charge in [0, 0.05) is 31.9 Å². The molecule has 7 nitrogen and oxygen atoms in total. The highest BCUT2D eigenvalue weighted by Crippen LogP contribution is 2.34. The summed E-state index contributed by atoms with van der Waals surface area (Å²) in [4.78, 5) is 19.5. The molecule has 5 rings (SSSR count). The van der Waals surface area contributed by atoms with Crippen LogP contribution in [0.25, 0.3) is 0 Å². The number of carbonyl (C=O) groups excluding carboxylic acids is 1. The van der Waals surface area contributed by atoms with Crippen LogP contribution < -0.4 is 14.8 Å². The van der Waals surface area contributed by atoms with Crippen molar-refractivity contribution in [3.63, 3.8) is 0 Å². The van der Waals surface area contributed by atoms with Gasteiger partial charge in [0.1, 0.15) is 11.5 Å². The topological polar surface area (TPSA) is 68.6 Å². The van der Waals surface area contributed by atoms with Crippen LogP contribution in [0.5, 0.6) is 11.5 Å². The number of ether oxygens (including phenoxy) is 2. The zero-order chi connectivity index (χ0) is 18.4. The molecule has 1 amide bonds. The molecule has 3 aliphatic rings. The highest BCUT2D eigenvalue weighted by Gasteiger charge is 2.29. The Bertz CT molecular complexity index is 874. The third kappa shape index (κ3) is 3.06. The molecule has 0 saturated heterocycles. The van der Waals surface area contributed by atoms with Crippen LogP contribution in [0, 0.1) is 0 Å². The van der Waals surface area contributed by atoms with Gasteiger partial charge in [0.25, 0.3) is 5.91 Å². The highest BCUT2D eigenvalue weighted by molar-refractivity contribution is 5.92. The third-order valence-electron chi connectivity index (χ3n) is 5.85. The minimum Gasteiger partial charge on any atom is -0.454 e. The van der Waals surface area contributed by atoms with Gasteiger partial charge >= 0.3 is 0 Å². The highest BCUT2D eigenvalue weighted by atomic mass is 16.7. The summed E-state index contributed by atoms with van der Waals surface area (Å²) in [7, 11) is 0. The van der Waals surface area contributed by atoms with Gasteiger partial charge in [-0.1, -0.05) is 6.07 Å². The second kappa shape index (κ2) is 6.56. The SMILES string of the molecule is CC1c2nc(C(=O)NC3CCC3)cn2CCN1Cc1ccc2c(c1)OCO2. The molecule has 0 radical (unpaired) electrons. The van der Waals surface area contributed by atoms with Crippen LogP contribution in [0.3, 0.4) is 0 Å². The van der Waals surface area contributed by atoms with Crippen molar-refractivity contribution in [3.8, 4) is 11.5 Å². The molecule has 2 aliphatic heterocycles. The summed E-state index contributed by atoms with van der Waals surface area (Å²) < 4.78 is 13.0. The van der Waals surface area contributed by atoms with Crippen LogP contribution in [0.15, 0.2) is 24.4 Å². The number of rotatable bonds is 4. The molecule has 1 atom stereocenters. The van der Waals surface area contributed by atoms with Gasteiger partial charge in [-0.15, -0.1) is 0 Å². The Morgan fingerprint density at radius 2 is 2.11 bits per heavy atom. The Morgan fingerprint density at radius 3 is 2.93 bits per heavy atom. The fraction of sp³-hybridized carbons (Fsp3) is 0.500. The predicted octanol–water partition coefficient (Wildman–Crippen LogP) is 2.47. The molecule has 1 aromatic heterocycles. The summed E-state index contributed by atoms with van der Waals surface area (Å²) in [6.45, 7) is 5.02. The number of benzene rings is 1. The van der Waals surface area contributed by atoms with Crippen molar-refractivity contribution in [2.24, 2.45) is 0 Å². The van der Waals surface area contributed by atoms with E-state index in [1.807, 2.05) is 18.3 Å². The monoisotopic (exact) mass is 368 g/mol. The number of aromatic nitrogens is 2. The van der Waals surface area contributed by atoms with Gasteiger partial charge in [-0.25, -0.2) is 4.98 Å². The van der Waals surface area contributed by atoms with Crippen LogP contribution in [-0.2, 0) is 13.1 Å². The van der Waals surface area contributed by atoms with E-state index >= 15 is 0 Å². The van der Waals surface area contributed by atoms with Gasteiger partial charge in [0.05, 0.1) is 6.04 Å². The lowest BCUT2D eigenvalue weighted by atomic mass is 9.93. The third-order valence-corrected chi connectivity index (χ3v) is 5.85. The first-order chi connectivity index (χ1) is 13.2. The molecule has 0 spiro atoms. The molecule has 1 aromatic carbocycles. The van der Waals surface area contributed by atoms with Gasteiger partial charge in [-0.2, -0.15) is 0 Å². The number of nitrogens with zero attached hydrogens (tertiary/aromatic N) is 3. The van der Waals surface area contributed by atoms with Gasteiger partial charge < -0.3 is 19.4 Å². The summed E-state index contributed by atoms with van der Waals surface area (Å²) in [5.74, 6) is 2.54. The standard InChI is InChI=1S/C20H24N4O3/c1-13-19-22-16(20(25)21-15-3-2-4-15)11-24(19)8-7-23(13)10-14-5-6-17-18(9-14)27-12-26-17/h5-6,9,11,13,15H,2-4,7-8,10,12H2,1H3,(H,21,25). The van der Waals surface area contributed by atoms with Crippen LogP contribution in [0.2, 0.25) is 0 Å². The van der Waals surface area contributed by atoms with Crippen LogP contribution in [-0.4, -0.2) is 39.7 Å². The fourth-order valence-electron chi connectivity index (χ4n) is 3.95. The van der Waals surface area contributed by atoms with Crippen LogP contribution in [0.1, 0.15) is 54.1 Å². The lowest BCUT2D eigenvalue weighted by Gasteiger charge is -2.33. The second-order valence-corrected chi connectivity index (χ2v) is 7.61. The molecule has 2 aromatic rings. The van der Waals surface area contributed by atoms with Crippen LogP contribution >= 0.6 is 0 Å². The van der Waals surface area contributed by atoms with Gasteiger partial charge in [-0.05, 0) is 43.9 Å². The first-order valence-corrected chi connectivity index (χ1v) is 9.68. The smallest absolute Gasteiger partial charge is 0.271 e. The van der Waals surface area contributed by atoms with Crippen LogP contribution in [0.4, 0.5) is 0 Å². The van der Waals surface area contributed by atoms with E-state index < -0.39 is 0 Å². The van der Waals surface area contributed by atoms with Crippen molar-refractivity contribution in [2.45, 2.75) is 51.4 Å². The molecule has 7 heteroatoms. The van der Waals surface area contributed by atoms with Crippen molar-refractivity contribution in [1.29, 1.82) is 0 Å². The molecule has 1 saturated carbocycles. The van der Waals surface area contributed by atoms with Gasteiger partial charge in [-0.3, -0.25) is 9.69 Å². The summed E-state index contributed by atoms with van der Waals surface area (Å²) in [6.07, 6.45) is 5.27. The van der Waals surface area contributed by atoms with E-state index in [1.54, 1.807) is 0 Å². The molecular formula is C20H24N4O3. The Labute approximate surface area is 158 Å². The molecule has 3 heterocycles. The molecule has 1 unspecified atom stereocenters. The molecule has 1 aliphatic carbocycles. The van der Waals surface area contributed by atoms with E-state index in [-0.39, 0.29) is 11.9 Å². The summed E-state index contributed by atoms with van der Waals surface area (Å²) >= 11 is 0. The number of imidazole rings is 1. The number of hydrogen-bond donors (Lipinski definition) is 1. The lowest BCUT2D eigenvalue weighted by Crippen LogP contribution is -2.39. The predicted molar refractivity (Wildman–Crippen MR) is 98.7 cm³/mol. The lowest BCUT2D eigenvalue weighted by molar-refractivity contribution is 0.0912. The normalized spacial score (nSPS) is 21.6. The molecular weight excluding hydrogens is 344 g/mol.